The van der Waals surface area contributed by atoms with Gasteiger partial charge in [0.05, 0.1) is 24.2 Å². The highest BCUT2D eigenvalue weighted by Gasteiger charge is 2.22. The molecule has 1 aliphatic heterocycles. The summed E-state index contributed by atoms with van der Waals surface area (Å²) in [5.74, 6) is 0.565. The van der Waals surface area contributed by atoms with E-state index in [1.165, 1.54) is 17.7 Å². The number of aromatic nitrogens is 1. The molecule has 1 unspecified atom stereocenters. The molecule has 170 valence electrons. The quantitative estimate of drug-likeness (QED) is 0.618. The summed E-state index contributed by atoms with van der Waals surface area (Å²) in [5.41, 5.74) is 6.12. The molecule has 3 aromatic rings. The zero-order valence-electron chi connectivity index (χ0n) is 18.7. The number of carbonyl (C=O) groups excluding carboxylic acids is 1. The predicted octanol–water partition coefficient (Wildman–Crippen LogP) is 4.16. The third-order valence-corrected chi connectivity index (χ3v) is 7.16. The largest absolute Gasteiger partial charge is 0.491 e. The number of amides is 1. The lowest BCUT2D eigenvalue weighted by Gasteiger charge is -2.24. The van der Waals surface area contributed by atoms with Crippen molar-refractivity contribution in [1.29, 1.82) is 0 Å². The van der Waals surface area contributed by atoms with Crippen LogP contribution in [0.15, 0.2) is 59.6 Å². The second-order valence-electron chi connectivity index (χ2n) is 8.47. The first-order chi connectivity index (χ1) is 16.1. The summed E-state index contributed by atoms with van der Waals surface area (Å²) in [6.07, 6.45) is 7.83. The molecule has 0 fully saturated rings. The number of ether oxygens (including phenoxy) is 1. The van der Waals surface area contributed by atoms with Crippen molar-refractivity contribution in [3.63, 3.8) is 0 Å². The molecule has 0 saturated heterocycles. The molecule has 2 heterocycles. The highest BCUT2D eigenvalue weighted by atomic mass is 32.2. The van der Waals surface area contributed by atoms with Crippen molar-refractivity contribution in [2.75, 3.05) is 24.3 Å². The van der Waals surface area contributed by atoms with Gasteiger partial charge in [0.25, 0.3) is 5.91 Å². The molecule has 0 bridgehead atoms. The molecule has 6 nitrogen and oxygen atoms in total. The molecule has 2 aliphatic rings. The Morgan fingerprint density at radius 1 is 1.12 bits per heavy atom. The molecule has 1 N–H and O–H groups in total. The number of rotatable bonds is 5. The number of carbonyl (C=O) groups is 1. The SMILES string of the molecule is CS(=O)c1ccc(CNC(=O)c2ccc3c(c2)OCCCN3c2cnc3c(c2)CCC3)cc1. The number of nitrogens with zero attached hydrogens (tertiary/aromatic N) is 2. The Hall–Kier alpha value is -3.19. The molecule has 1 aliphatic carbocycles. The molecular formula is C26H27N3O3S. The van der Waals surface area contributed by atoms with Gasteiger partial charge in [-0.1, -0.05) is 12.1 Å². The maximum absolute atomic E-state index is 12.8. The van der Waals surface area contributed by atoms with Crippen LogP contribution >= 0.6 is 0 Å². The maximum atomic E-state index is 12.8. The molecule has 7 heteroatoms. The fraction of sp³-hybridized carbons (Fsp3) is 0.308. The Kier molecular flexibility index (Phi) is 6.13. The molecular weight excluding hydrogens is 434 g/mol. The number of anilines is 2. The van der Waals surface area contributed by atoms with E-state index in [1.54, 1.807) is 6.26 Å². The minimum absolute atomic E-state index is 0.153. The van der Waals surface area contributed by atoms with Crippen molar-refractivity contribution in [3.05, 3.63) is 77.1 Å². The fourth-order valence-electron chi connectivity index (χ4n) is 4.43. The van der Waals surface area contributed by atoms with E-state index in [9.17, 15) is 9.00 Å². The summed E-state index contributed by atoms with van der Waals surface area (Å²) in [6.45, 7) is 1.86. The molecule has 1 atom stereocenters. The first-order valence-corrected chi connectivity index (χ1v) is 12.9. The van der Waals surface area contributed by atoms with Gasteiger partial charge in [-0.15, -0.1) is 0 Å². The highest BCUT2D eigenvalue weighted by molar-refractivity contribution is 7.84. The van der Waals surface area contributed by atoms with E-state index in [1.807, 2.05) is 48.7 Å². The molecule has 0 spiro atoms. The monoisotopic (exact) mass is 461 g/mol. The lowest BCUT2D eigenvalue weighted by Crippen LogP contribution is -2.23. The number of nitrogens with one attached hydrogen (secondary N) is 1. The molecule has 1 amide bonds. The van der Waals surface area contributed by atoms with Gasteiger partial charge in [-0.25, -0.2) is 0 Å². The molecule has 33 heavy (non-hydrogen) atoms. The summed E-state index contributed by atoms with van der Waals surface area (Å²) in [7, 11) is -1.01. The normalized spacial score (nSPS) is 15.7. The number of hydrogen-bond donors (Lipinski definition) is 1. The Labute approximate surface area is 196 Å². The van der Waals surface area contributed by atoms with Crippen molar-refractivity contribution < 1.29 is 13.7 Å². The van der Waals surface area contributed by atoms with Gasteiger partial charge in [0.2, 0.25) is 0 Å². The zero-order valence-corrected chi connectivity index (χ0v) is 19.5. The Morgan fingerprint density at radius 2 is 1.97 bits per heavy atom. The lowest BCUT2D eigenvalue weighted by molar-refractivity contribution is 0.0950. The lowest BCUT2D eigenvalue weighted by atomic mass is 10.1. The van der Waals surface area contributed by atoms with Crippen LogP contribution in [0.2, 0.25) is 0 Å². The molecule has 5 rings (SSSR count). The van der Waals surface area contributed by atoms with E-state index in [2.05, 4.69) is 21.3 Å². The average molecular weight is 462 g/mol. The number of aryl methyl sites for hydroxylation is 2. The second kappa shape index (κ2) is 9.35. The second-order valence-corrected chi connectivity index (χ2v) is 9.85. The van der Waals surface area contributed by atoms with Crippen LogP contribution in [0.1, 0.15) is 40.0 Å². The zero-order chi connectivity index (χ0) is 22.8. The fourth-order valence-corrected chi connectivity index (χ4v) is 4.95. The number of fused-ring (bicyclic) bond motifs is 2. The van der Waals surface area contributed by atoms with Crippen molar-refractivity contribution in [1.82, 2.24) is 10.3 Å². The van der Waals surface area contributed by atoms with Crippen LogP contribution in [-0.2, 0) is 30.2 Å². The topological polar surface area (TPSA) is 71.5 Å². The van der Waals surface area contributed by atoms with E-state index >= 15 is 0 Å². The first kappa shape index (κ1) is 21.6. The van der Waals surface area contributed by atoms with Crippen molar-refractivity contribution in [3.8, 4) is 5.75 Å². The highest BCUT2D eigenvalue weighted by Crippen LogP contribution is 2.37. The minimum Gasteiger partial charge on any atom is -0.491 e. The Balaban J connectivity index is 1.33. The summed E-state index contributed by atoms with van der Waals surface area (Å²) in [5, 5.41) is 2.96. The van der Waals surface area contributed by atoms with E-state index in [0.29, 0.717) is 18.7 Å². The van der Waals surface area contributed by atoms with Gasteiger partial charge in [-0.05, 0) is 73.2 Å². The van der Waals surface area contributed by atoms with Gasteiger partial charge < -0.3 is 15.0 Å². The third kappa shape index (κ3) is 4.64. The Bertz CT molecular complexity index is 1210. The van der Waals surface area contributed by atoms with Gasteiger partial charge in [0, 0.05) is 46.3 Å². The van der Waals surface area contributed by atoms with Crippen LogP contribution in [0.3, 0.4) is 0 Å². The standard InChI is InChI=1S/C26H27N3O3S/c1-33(31)22-9-6-18(7-10-22)16-28-26(30)20-8-11-24-25(15-20)32-13-3-12-29(24)21-14-19-4-2-5-23(19)27-17-21/h6-11,14-15,17H,2-5,12-13,16H2,1H3,(H,28,30). The van der Waals surface area contributed by atoms with Crippen LogP contribution in [0, 0.1) is 0 Å². The van der Waals surface area contributed by atoms with Crippen LogP contribution in [0.4, 0.5) is 11.4 Å². The van der Waals surface area contributed by atoms with Crippen molar-refractivity contribution in [2.45, 2.75) is 37.1 Å². The first-order valence-electron chi connectivity index (χ1n) is 11.3. The van der Waals surface area contributed by atoms with Gasteiger partial charge in [0.15, 0.2) is 0 Å². The third-order valence-electron chi connectivity index (χ3n) is 6.22. The van der Waals surface area contributed by atoms with Gasteiger partial charge in [-0.2, -0.15) is 0 Å². The summed E-state index contributed by atoms with van der Waals surface area (Å²) in [6, 6.07) is 15.3. The van der Waals surface area contributed by atoms with E-state index < -0.39 is 10.8 Å². The number of hydrogen-bond acceptors (Lipinski definition) is 5. The van der Waals surface area contributed by atoms with Crippen LogP contribution in [0.25, 0.3) is 0 Å². The summed E-state index contributed by atoms with van der Waals surface area (Å²) >= 11 is 0. The van der Waals surface area contributed by atoms with E-state index in [-0.39, 0.29) is 5.91 Å². The molecule has 0 saturated carbocycles. The molecule has 2 aromatic carbocycles. The smallest absolute Gasteiger partial charge is 0.251 e. The van der Waals surface area contributed by atoms with Crippen LogP contribution in [-0.4, -0.2) is 34.5 Å². The number of pyridine rings is 1. The summed E-state index contributed by atoms with van der Waals surface area (Å²) < 4.78 is 17.5. The minimum atomic E-state index is -1.01. The average Bonchev–Trinajstić information content (AvgIpc) is 3.20. The van der Waals surface area contributed by atoms with E-state index in [0.717, 1.165) is 53.4 Å². The van der Waals surface area contributed by atoms with Gasteiger partial charge in [-0.3, -0.25) is 14.0 Å². The molecule has 1 aromatic heterocycles. The van der Waals surface area contributed by atoms with Crippen molar-refractivity contribution in [2.24, 2.45) is 0 Å². The number of benzene rings is 2. The van der Waals surface area contributed by atoms with E-state index in [4.69, 9.17) is 4.74 Å². The summed E-state index contributed by atoms with van der Waals surface area (Å²) in [4.78, 5) is 20.5. The molecule has 0 radical (unpaired) electrons. The van der Waals surface area contributed by atoms with Crippen LogP contribution in [0.5, 0.6) is 5.75 Å². The van der Waals surface area contributed by atoms with Gasteiger partial charge >= 0.3 is 0 Å². The maximum Gasteiger partial charge on any atom is 0.251 e. The van der Waals surface area contributed by atoms with Crippen LogP contribution < -0.4 is 15.0 Å². The predicted molar refractivity (Wildman–Crippen MR) is 130 cm³/mol. The Morgan fingerprint density at radius 3 is 2.79 bits per heavy atom. The van der Waals surface area contributed by atoms with Crippen molar-refractivity contribution >= 4 is 28.1 Å². The van der Waals surface area contributed by atoms with Gasteiger partial charge in [0.1, 0.15) is 5.75 Å².